The normalized spacial score (nSPS) is 11.5. The van der Waals surface area contributed by atoms with Gasteiger partial charge < -0.3 is 5.11 Å². The molecule has 3 aromatic rings. The summed E-state index contributed by atoms with van der Waals surface area (Å²) in [7, 11) is 0. The van der Waals surface area contributed by atoms with Crippen molar-refractivity contribution < 1.29 is 5.11 Å². The molecule has 0 spiro atoms. The molecule has 2 aromatic carbocycles. The van der Waals surface area contributed by atoms with E-state index in [-0.39, 0.29) is 17.5 Å². The van der Waals surface area contributed by atoms with Crippen LogP contribution in [-0.4, -0.2) is 20.1 Å². The summed E-state index contributed by atoms with van der Waals surface area (Å²) in [6.45, 7) is 0. The van der Waals surface area contributed by atoms with Crippen molar-refractivity contribution in [3.8, 4) is 28.3 Å². The van der Waals surface area contributed by atoms with Crippen LogP contribution in [0.1, 0.15) is 11.6 Å². The van der Waals surface area contributed by atoms with Crippen LogP contribution in [0, 0.1) is 0 Å². The van der Waals surface area contributed by atoms with E-state index >= 15 is 0 Å². The Balaban J connectivity index is 1.98. The van der Waals surface area contributed by atoms with E-state index in [1.807, 2.05) is 36.4 Å². The van der Waals surface area contributed by atoms with E-state index in [1.54, 1.807) is 12.1 Å². The first-order valence-electron chi connectivity index (χ1n) is 7.15. The molecule has 0 amide bonds. The van der Waals surface area contributed by atoms with Crippen LogP contribution in [0.5, 0.6) is 5.75 Å². The van der Waals surface area contributed by atoms with Gasteiger partial charge in [0.2, 0.25) is 3.79 Å². The van der Waals surface area contributed by atoms with Crippen molar-refractivity contribution in [2.75, 3.05) is 0 Å². The van der Waals surface area contributed by atoms with E-state index in [4.69, 9.17) is 46.4 Å². The van der Waals surface area contributed by atoms with Crippen molar-refractivity contribution in [3.05, 3.63) is 60.2 Å². The Morgan fingerprint density at radius 2 is 1.28 bits per heavy atom. The highest BCUT2D eigenvalue weighted by molar-refractivity contribution is 6.66. The molecule has 8 heteroatoms. The SMILES string of the molecule is Oc1ccc(-c2ccc(-c3nc(CCl)nc(C(Cl)(Cl)Cl)n3)cc2)cc1. The maximum Gasteiger partial charge on any atom is 0.250 e. The minimum Gasteiger partial charge on any atom is -0.508 e. The van der Waals surface area contributed by atoms with Crippen LogP contribution < -0.4 is 0 Å². The largest absolute Gasteiger partial charge is 0.508 e. The highest BCUT2D eigenvalue weighted by Crippen LogP contribution is 2.36. The molecule has 0 aliphatic heterocycles. The van der Waals surface area contributed by atoms with Gasteiger partial charge in [0.25, 0.3) is 0 Å². The Hall–Kier alpha value is -1.59. The third-order valence-electron chi connectivity index (χ3n) is 3.40. The number of phenols is 1. The Morgan fingerprint density at radius 3 is 1.80 bits per heavy atom. The molecule has 0 unspecified atom stereocenters. The molecule has 0 bridgehead atoms. The van der Waals surface area contributed by atoms with E-state index in [0.717, 1.165) is 16.7 Å². The lowest BCUT2D eigenvalue weighted by molar-refractivity contribution is 0.475. The molecule has 1 aromatic heterocycles. The van der Waals surface area contributed by atoms with Crippen molar-refractivity contribution in [3.63, 3.8) is 0 Å². The zero-order valence-electron chi connectivity index (χ0n) is 12.6. The summed E-state index contributed by atoms with van der Waals surface area (Å²) < 4.78 is -1.76. The summed E-state index contributed by atoms with van der Waals surface area (Å²) in [5.74, 6) is 1.04. The first kappa shape index (κ1) is 18.2. The highest BCUT2D eigenvalue weighted by atomic mass is 35.6. The molecule has 128 valence electrons. The maximum absolute atomic E-state index is 9.37. The van der Waals surface area contributed by atoms with Gasteiger partial charge in [-0.3, -0.25) is 0 Å². The maximum atomic E-state index is 9.37. The number of hydrogen-bond donors (Lipinski definition) is 1. The fourth-order valence-electron chi connectivity index (χ4n) is 2.20. The molecule has 0 aliphatic carbocycles. The smallest absolute Gasteiger partial charge is 0.250 e. The second-order valence-electron chi connectivity index (χ2n) is 5.15. The number of hydrogen-bond acceptors (Lipinski definition) is 4. The number of aromatic hydroxyl groups is 1. The van der Waals surface area contributed by atoms with Gasteiger partial charge in [0, 0.05) is 5.56 Å². The van der Waals surface area contributed by atoms with Crippen LogP contribution in [0.3, 0.4) is 0 Å². The molecule has 0 fully saturated rings. The van der Waals surface area contributed by atoms with E-state index < -0.39 is 3.79 Å². The Labute approximate surface area is 164 Å². The number of halogens is 4. The average molecular weight is 415 g/mol. The van der Waals surface area contributed by atoms with E-state index in [2.05, 4.69) is 15.0 Å². The summed E-state index contributed by atoms with van der Waals surface area (Å²) >= 11 is 23.5. The van der Waals surface area contributed by atoms with Crippen molar-refractivity contribution in [2.45, 2.75) is 9.67 Å². The summed E-state index contributed by atoms with van der Waals surface area (Å²) in [5, 5.41) is 9.37. The molecule has 4 nitrogen and oxygen atoms in total. The minimum absolute atomic E-state index is 0.0285. The summed E-state index contributed by atoms with van der Waals surface area (Å²) in [6, 6.07) is 14.5. The third kappa shape index (κ3) is 4.33. The van der Waals surface area contributed by atoms with Crippen LogP contribution in [0.4, 0.5) is 0 Å². The number of rotatable bonds is 3. The van der Waals surface area contributed by atoms with E-state index in [1.165, 1.54) is 0 Å². The monoisotopic (exact) mass is 413 g/mol. The molecular formula is C17H11Cl4N3O. The summed E-state index contributed by atoms with van der Waals surface area (Å²) in [5.41, 5.74) is 2.70. The third-order valence-corrected chi connectivity index (χ3v) is 4.14. The minimum atomic E-state index is -1.76. The predicted molar refractivity (Wildman–Crippen MR) is 101 cm³/mol. The van der Waals surface area contributed by atoms with E-state index in [0.29, 0.717) is 11.6 Å². The van der Waals surface area contributed by atoms with Crippen LogP contribution >= 0.6 is 46.4 Å². The fourth-order valence-corrected chi connectivity index (χ4v) is 2.57. The molecule has 0 aliphatic rings. The predicted octanol–water partition coefficient (Wildman–Crippen LogP) is 5.48. The van der Waals surface area contributed by atoms with Crippen LogP contribution in [0.2, 0.25) is 0 Å². The quantitative estimate of drug-likeness (QED) is 0.576. The number of phenolic OH excluding ortho intramolecular Hbond substituents is 1. The molecule has 25 heavy (non-hydrogen) atoms. The van der Waals surface area contributed by atoms with Crippen molar-refractivity contribution in [2.24, 2.45) is 0 Å². The van der Waals surface area contributed by atoms with Crippen molar-refractivity contribution in [1.82, 2.24) is 15.0 Å². The fraction of sp³-hybridized carbons (Fsp3) is 0.118. The topological polar surface area (TPSA) is 58.9 Å². The van der Waals surface area contributed by atoms with Crippen molar-refractivity contribution >= 4 is 46.4 Å². The van der Waals surface area contributed by atoms with Crippen LogP contribution in [-0.2, 0) is 9.67 Å². The van der Waals surface area contributed by atoms with Crippen LogP contribution in [0.15, 0.2) is 48.5 Å². The molecular weight excluding hydrogens is 404 g/mol. The van der Waals surface area contributed by atoms with Gasteiger partial charge in [0.05, 0.1) is 5.88 Å². The molecule has 0 atom stereocenters. The van der Waals surface area contributed by atoms with Gasteiger partial charge in [0.15, 0.2) is 11.6 Å². The average Bonchev–Trinajstić information content (AvgIpc) is 2.61. The second-order valence-corrected chi connectivity index (χ2v) is 7.70. The summed E-state index contributed by atoms with van der Waals surface area (Å²) in [6.07, 6.45) is 0. The zero-order chi connectivity index (χ0) is 18.0. The standard InChI is InChI=1S/C17H11Cl4N3O/c18-9-14-22-15(24-16(23-14)17(19,20)21)12-3-1-10(2-4-12)11-5-7-13(25)8-6-11/h1-8,25H,9H2. The first-order chi connectivity index (χ1) is 11.9. The van der Waals surface area contributed by atoms with Gasteiger partial charge in [-0.1, -0.05) is 71.2 Å². The van der Waals surface area contributed by atoms with Gasteiger partial charge in [-0.25, -0.2) is 15.0 Å². The Kier molecular flexibility index (Phi) is 5.35. The Morgan fingerprint density at radius 1 is 0.760 bits per heavy atom. The van der Waals surface area contributed by atoms with Gasteiger partial charge in [-0.05, 0) is 23.3 Å². The first-order valence-corrected chi connectivity index (χ1v) is 8.81. The number of aromatic nitrogens is 3. The lowest BCUT2D eigenvalue weighted by atomic mass is 10.0. The lowest BCUT2D eigenvalue weighted by Gasteiger charge is -2.12. The van der Waals surface area contributed by atoms with E-state index in [9.17, 15) is 5.11 Å². The van der Waals surface area contributed by atoms with Gasteiger partial charge in [-0.15, -0.1) is 11.6 Å². The highest BCUT2D eigenvalue weighted by Gasteiger charge is 2.28. The molecule has 1 heterocycles. The second kappa shape index (κ2) is 7.34. The van der Waals surface area contributed by atoms with Crippen molar-refractivity contribution in [1.29, 1.82) is 0 Å². The number of benzene rings is 2. The molecule has 0 radical (unpaired) electrons. The van der Waals surface area contributed by atoms with Gasteiger partial charge >= 0.3 is 0 Å². The van der Waals surface area contributed by atoms with Crippen LogP contribution in [0.25, 0.3) is 22.5 Å². The van der Waals surface area contributed by atoms with Gasteiger partial charge in [0.1, 0.15) is 11.6 Å². The molecule has 0 saturated heterocycles. The number of nitrogens with zero attached hydrogens (tertiary/aromatic N) is 3. The lowest BCUT2D eigenvalue weighted by Crippen LogP contribution is -2.11. The Bertz CT molecular complexity index is 878. The zero-order valence-corrected chi connectivity index (χ0v) is 15.7. The molecule has 0 saturated carbocycles. The molecule has 1 N–H and O–H groups in total. The number of alkyl halides is 4. The summed E-state index contributed by atoms with van der Waals surface area (Å²) in [4.78, 5) is 12.6. The van der Waals surface area contributed by atoms with Gasteiger partial charge in [-0.2, -0.15) is 0 Å². The molecule has 3 rings (SSSR count).